The molecule has 0 bridgehead atoms. The summed E-state index contributed by atoms with van der Waals surface area (Å²) in [6, 6.07) is 8.03. The van der Waals surface area contributed by atoms with Gasteiger partial charge >= 0.3 is 0 Å². The number of carbonyl (C=O) groups is 3. The zero-order valence-corrected chi connectivity index (χ0v) is 16.2. The lowest BCUT2D eigenvalue weighted by Crippen LogP contribution is -2.52. The fourth-order valence-corrected chi connectivity index (χ4v) is 3.20. The Morgan fingerprint density at radius 2 is 1.96 bits per heavy atom. The van der Waals surface area contributed by atoms with Crippen LogP contribution in [-0.4, -0.2) is 53.7 Å². The van der Waals surface area contributed by atoms with Gasteiger partial charge in [0.1, 0.15) is 11.8 Å². The summed E-state index contributed by atoms with van der Waals surface area (Å²) in [5.41, 5.74) is 2.00. The number of pyridine rings is 1. The number of rotatable bonds is 6. The SMILES string of the molecule is CC(=O)c1ccc2c(c1)N(C(C)C(=O)N(C)CCc1ccncc1)C(=O)CO2. The van der Waals surface area contributed by atoms with Gasteiger partial charge in [-0.05, 0) is 56.2 Å². The average molecular weight is 381 g/mol. The number of Topliss-reactive ketones (excluding diaryl/α,β-unsaturated/α-hetero) is 1. The molecule has 28 heavy (non-hydrogen) atoms. The molecule has 0 fully saturated rings. The van der Waals surface area contributed by atoms with Gasteiger partial charge in [-0.3, -0.25) is 24.3 Å². The highest BCUT2D eigenvalue weighted by atomic mass is 16.5. The zero-order chi connectivity index (χ0) is 20.3. The molecule has 0 aliphatic carbocycles. The number of fused-ring (bicyclic) bond motifs is 1. The maximum absolute atomic E-state index is 12.9. The Morgan fingerprint density at radius 1 is 1.25 bits per heavy atom. The molecule has 0 saturated carbocycles. The molecular formula is C21H23N3O4. The van der Waals surface area contributed by atoms with E-state index < -0.39 is 6.04 Å². The minimum Gasteiger partial charge on any atom is -0.482 e. The number of hydrogen-bond acceptors (Lipinski definition) is 5. The van der Waals surface area contributed by atoms with Crippen LogP contribution in [0, 0.1) is 0 Å². The predicted molar refractivity (Wildman–Crippen MR) is 104 cm³/mol. The molecule has 2 amide bonds. The fraction of sp³-hybridized carbons (Fsp3) is 0.333. The smallest absolute Gasteiger partial charge is 0.265 e. The van der Waals surface area contributed by atoms with Crippen LogP contribution in [0.1, 0.15) is 29.8 Å². The second-order valence-electron chi connectivity index (χ2n) is 6.83. The molecule has 2 heterocycles. The van der Waals surface area contributed by atoms with Crippen LogP contribution in [0.4, 0.5) is 5.69 Å². The molecule has 1 atom stereocenters. The van der Waals surface area contributed by atoms with E-state index in [1.165, 1.54) is 11.8 Å². The van der Waals surface area contributed by atoms with Gasteiger partial charge in [-0.1, -0.05) is 0 Å². The molecule has 3 rings (SSSR count). The number of benzene rings is 1. The Labute approximate surface area is 163 Å². The first-order valence-electron chi connectivity index (χ1n) is 9.12. The number of amides is 2. The van der Waals surface area contributed by atoms with Crippen molar-refractivity contribution < 1.29 is 19.1 Å². The standard InChI is InChI=1S/C21H23N3O4/c1-14(21(27)23(3)11-8-16-6-9-22-10-7-16)24-18-12-17(15(2)25)4-5-19(18)28-13-20(24)26/h4-7,9-10,12,14H,8,11,13H2,1-3H3. The van der Waals surface area contributed by atoms with Crippen LogP contribution in [0.5, 0.6) is 5.75 Å². The van der Waals surface area contributed by atoms with Gasteiger partial charge in [-0.2, -0.15) is 0 Å². The quantitative estimate of drug-likeness (QED) is 0.716. The molecule has 1 aliphatic rings. The highest BCUT2D eigenvalue weighted by molar-refractivity contribution is 6.05. The van der Waals surface area contributed by atoms with E-state index >= 15 is 0 Å². The number of hydrogen-bond donors (Lipinski definition) is 0. The van der Waals surface area contributed by atoms with Crippen LogP contribution in [0.25, 0.3) is 0 Å². The van der Waals surface area contributed by atoms with Gasteiger partial charge in [-0.15, -0.1) is 0 Å². The molecule has 7 nitrogen and oxygen atoms in total. The molecule has 0 radical (unpaired) electrons. The number of anilines is 1. The molecule has 1 aliphatic heterocycles. The molecular weight excluding hydrogens is 358 g/mol. The summed E-state index contributed by atoms with van der Waals surface area (Å²) in [4.78, 5) is 44.2. The highest BCUT2D eigenvalue weighted by Gasteiger charge is 2.34. The minimum atomic E-state index is -0.709. The second kappa shape index (κ2) is 8.21. The van der Waals surface area contributed by atoms with E-state index in [2.05, 4.69) is 4.98 Å². The van der Waals surface area contributed by atoms with E-state index in [0.717, 1.165) is 5.56 Å². The number of carbonyl (C=O) groups excluding carboxylic acids is 3. The fourth-order valence-electron chi connectivity index (χ4n) is 3.20. The number of likely N-dealkylation sites (N-methyl/N-ethyl adjacent to an activating group) is 1. The molecule has 1 aromatic carbocycles. The first-order chi connectivity index (χ1) is 13.4. The van der Waals surface area contributed by atoms with Gasteiger partial charge in [0.2, 0.25) is 5.91 Å². The Morgan fingerprint density at radius 3 is 2.64 bits per heavy atom. The number of ether oxygens (including phenoxy) is 1. The Kier molecular flexibility index (Phi) is 5.73. The Bertz CT molecular complexity index is 898. The van der Waals surface area contributed by atoms with Gasteiger partial charge in [0, 0.05) is 31.5 Å². The molecule has 146 valence electrons. The third-order valence-corrected chi connectivity index (χ3v) is 4.85. The van der Waals surface area contributed by atoms with Crippen molar-refractivity contribution in [1.29, 1.82) is 0 Å². The minimum absolute atomic E-state index is 0.116. The van der Waals surface area contributed by atoms with Gasteiger partial charge < -0.3 is 9.64 Å². The third kappa shape index (κ3) is 4.03. The summed E-state index contributed by atoms with van der Waals surface area (Å²) in [5, 5.41) is 0. The van der Waals surface area contributed by atoms with Crippen molar-refractivity contribution in [3.05, 3.63) is 53.9 Å². The molecule has 1 unspecified atom stereocenters. The molecule has 0 N–H and O–H groups in total. The molecule has 2 aromatic rings. The molecule has 1 aromatic heterocycles. The maximum Gasteiger partial charge on any atom is 0.265 e. The van der Waals surface area contributed by atoms with Crippen LogP contribution in [0.2, 0.25) is 0 Å². The Hall–Kier alpha value is -3.22. The summed E-state index contributed by atoms with van der Waals surface area (Å²) < 4.78 is 5.46. The third-order valence-electron chi connectivity index (χ3n) is 4.85. The summed E-state index contributed by atoms with van der Waals surface area (Å²) >= 11 is 0. The number of nitrogens with zero attached hydrogens (tertiary/aromatic N) is 3. The van der Waals surface area contributed by atoms with Crippen LogP contribution < -0.4 is 9.64 Å². The van der Waals surface area contributed by atoms with Crippen molar-refractivity contribution in [1.82, 2.24) is 9.88 Å². The van der Waals surface area contributed by atoms with Crippen molar-refractivity contribution in [2.75, 3.05) is 25.1 Å². The lowest BCUT2D eigenvalue weighted by atomic mass is 10.1. The zero-order valence-electron chi connectivity index (χ0n) is 16.2. The second-order valence-corrected chi connectivity index (χ2v) is 6.83. The van der Waals surface area contributed by atoms with Gasteiger partial charge in [-0.25, -0.2) is 0 Å². The molecule has 0 spiro atoms. The van der Waals surface area contributed by atoms with Crippen molar-refractivity contribution >= 4 is 23.3 Å². The van der Waals surface area contributed by atoms with Gasteiger partial charge in [0.05, 0.1) is 5.69 Å². The first kappa shape index (κ1) is 19.5. The normalized spacial score (nSPS) is 14.1. The van der Waals surface area contributed by atoms with E-state index in [1.807, 2.05) is 12.1 Å². The topological polar surface area (TPSA) is 79.8 Å². The van der Waals surface area contributed by atoms with E-state index in [0.29, 0.717) is 30.0 Å². The Balaban J connectivity index is 1.78. The molecule has 0 saturated heterocycles. The van der Waals surface area contributed by atoms with E-state index in [-0.39, 0.29) is 24.2 Å². The van der Waals surface area contributed by atoms with Gasteiger partial charge in [0.25, 0.3) is 5.91 Å². The van der Waals surface area contributed by atoms with Crippen molar-refractivity contribution in [3.63, 3.8) is 0 Å². The van der Waals surface area contributed by atoms with Crippen LogP contribution in [-0.2, 0) is 16.0 Å². The largest absolute Gasteiger partial charge is 0.482 e. The first-order valence-corrected chi connectivity index (χ1v) is 9.12. The maximum atomic E-state index is 12.9. The van der Waals surface area contributed by atoms with Crippen LogP contribution in [0.3, 0.4) is 0 Å². The molecule has 7 heteroatoms. The number of ketones is 1. The van der Waals surface area contributed by atoms with Crippen LogP contribution in [0.15, 0.2) is 42.7 Å². The average Bonchev–Trinajstić information content (AvgIpc) is 2.71. The van der Waals surface area contributed by atoms with Gasteiger partial charge in [0.15, 0.2) is 12.4 Å². The van der Waals surface area contributed by atoms with E-state index in [1.54, 1.807) is 49.5 Å². The summed E-state index contributed by atoms with van der Waals surface area (Å²) in [7, 11) is 1.72. The van der Waals surface area contributed by atoms with E-state index in [4.69, 9.17) is 4.74 Å². The summed E-state index contributed by atoms with van der Waals surface area (Å²) in [6.07, 6.45) is 4.13. The van der Waals surface area contributed by atoms with E-state index in [9.17, 15) is 14.4 Å². The van der Waals surface area contributed by atoms with Crippen molar-refractivity contribution in [3.8, 4) is 5.75 Å². The monoisotopic (exact) mass is 381 g/mol. The highest BCUT2D eigenvalue weighted by Crippen LogP contribution is 2.34. The van der Waals surface area contributed by atoms with Crippen molar-refractivity contribution in [2.45, 2.75) is 26.3 Å². The summed E-state index contributed by atoms with van der Waals surface area (Å²) in [6.45, 7) is 3.54. The van der Waals surface area contributed by atoms with Crippen molar-refractivity contribution in [2.24, 2.45) is 0 Å². The predicted octanol–water partition coefficient (Wildman–Crippen LogP) is 2.10. The number of aromatic nitrogens is 1. The lowest BCUT2D eigenvalue weighted by molar-refractivity contribution is -0.133. The lowest BCUT2D eigenvalue weighted by Gasteiger charge is -2.35. The van der Waals surface area contributed by atoms with Crippen LogP contribution >= 0.6 is 0 Å². The summed E-state index contributed by atoms with van der Waals surface area (Å²) in [5.74, 6) is -0.113.